The largest absolute Gasteiger partial charge is 0.381 e. The molecule has 4 nitrogen and oxygen atoms in total. The second kappa shape index (κ2) is 7.58. The number of hydrogen-bond donors (Lipinski definition) is 0. The van der Waals surface area contributed by atoms with Crippen LogP contribution in [-0.4, -0.2) is 47.2 Å². The summed E-state index contributed by atoms with van der Waals surface area (Å²) >= 11 is 0. The SMILES string of the molecule is c1cc2nccc(C[C@@H]3CCCN(C4CCOCC4)CC3)c2cn1. The highest BCUT2D eigenvalue weighted by molar-refractivity contribution is 5.80. The molecule has 1 atom stereocenters. The zero-order chi connectivity index (χ0) is 16.2. The molecule has 0 bridgehead atoms. The Labute approximate surface area is 144 Å². The summed E-state index contributed by atoms with van der Waals surface area (Å²) in [5.41, 5.74) is 2.48. The highest BCUT2D eigenvalue weighted by Crippen LogP contribution is 2.27. The van der Waals surface area contributed by atoms with Crippen molar-refractivity contribution in [3.05, 3.63) is 36.3 Å². The van der Waals surface area contributed by atoms with E-state index in [1.165, 1.54) is 56.1 Å². The van der Waals surface area contributed by atoms with Crippen LogP contribution in [-0.2, 0) is 11.2 Å². The molecule has 2 saturated heterocycles. The van der Waals surface area contributed by atoms with Gasteiger partial charge in [0.05, 0.1) is 5.52 Å². The molecule has 0 amide bonds. The number of nitrogens with zero attached hydrogens (tertiary/aromatic N) is 3. The summed E-state index contributed by atoms with van der Waals surface area (Å²) in [5.74, 6) is 0.778. The lowest BCUT2D eigenvalue weighted by atomic mass is 9.91. The van der Waals surface area contributed by atoms with E-state index in [1.54, 1.807) is 0 Å². The van der Waals surface area contributed by atoms with Crippen molar-refractivity contribution in [1.29, 1.82) is 0 Å². The number of likely N-dealkylation sites (tertiary alicyclic amines) is 1. The number of hydrogen-bond acceptors (Lipinski definition) is 4. The van der Waals surface area contributed by atoms with Crippen LogP contribution in [0.15, 0.2) is 30.7 Å². The molecular formula is C20H27N3O. The fourth-order valence-corrected chi connectivity index (χ4v) is 4.34. The van der Waals surface area contributed by atoms with Crippen LogP contribution in [0.25, 0.3) is 10.9 Å². The van der Waals surface area contributed by atoms with Gasteiger partial charge in [0, 0.05) is 43.2 Å². The van der Waals surface area contributed by atoms with E-state index in [-0.39, 0.29) is 0 Å². The maximum atomic E-state index is 5.52. The molecule has 4 rings (SSSR count). The third kappa shape index (κ3) is 3.60. The predicted octanol–water partition coefficient (Wildman–Crippen LogP) is 3.45. The number of pyridine rings is 2. The van der Waals surface area contributed by atoms with Crippen LogP contribution in [0.4, 0.5) is 0 Å². The lowest BCUT2D eigenvalue weighted by Gasteiger charge is -2.33. The number of aromatic nitrogens is 2. The zero-order valence-electron chi connectivity index (χ0n) is 14.4. The molecule has 2 aliphatic rings. The molecule has 24 heavy (non-hydrogen) atoms. The van der Waals surface area contributed by atoms with Gasteiger partial charge in [0.25, 0.3) is 0 Å². The Morgan fingerprint density at radius 2 is 1.96 bits per heavy atom. The van der Waals surface area contributed by atoms with Crippen LogP contribution in [0, 0.1) is 5.92 Å². The van der Waals surface area contributed by atoms with Gasteiger partial charge in [-0.2, -0.15) is 0 Å². The van der Waals surface area contributed by atoms with Crippen LogP contribution in [0.5, 0.6) is 0 Å². The third-order valence-corrected chi connectivity index (χ3v) is 5.73. The molecule has 0 N–H and O–H groups in total. The average molecular weight is 325 g/mol. The van der Waals surface area contributed by atoms with Gasteiger partial charge in [-0.1, -0.05) is 0 Å². The lowest BCUT2D eigenvalue weighted by molar-refractivity contribution is 0.0349. The molecule has 2 aliphatic heterocycles. The molecule has 2 fully saturated rings. The summed E-state index contributed by atoms with van der Waals surface area (Å²) in [7, 11) is 0. The second-order valence-corrected chi connectivity index (χ2v) is 7.24. The van der Waals surface area contributed by atoms with Crippen LogP contribution in [0.3, 0.4) is 0 Å². The van der Waals surface area contributed by atoms with E-state index < -0.39 is 0 Å². The molecule has 2 aromatic heterocycles. The van der Waals surface area contributed by atoms with E-state index in [9.17, 15) is 0 Å². The molecule has 0 aliphatic carbocycles. The lowest BCUT2D eigenvalue weighted by Crippen LogP contribution is -2.40. The van der Waals surface area contributed by atoms with Gasteiger partial charge in [0.2, 0.25) is 0 Å². The molecular weight excluding hydrogens is 298 g/mol. The van der Waals surface area contributed by atoms with Crippen molar-refractivity contribution >= 4 is 10.9 Å². The van der Waals surface area contributed by atoms with E-state index in [0.29, 0.717) is 0 Å². The highest BCUT2D eigenvalue weighted by atomic mass is 16.5. The topological polar surface area (TPSA) is 38.2 Å². The van der Waals surface area contributed by atoms with Gasteiger partial charge in [-0.3, -0.25) is 9.97 Å². The molecule has 4 heterocycles. The van der Waals surface area contributed by atoms with Crippen molar-refractivity contribution in [2.45, 2.75) is 44.6 Å². The summed E-state index contributed by atoms with van der Waals surface area (Å²) in [4.78, 5) is 11.5. The first-order chi connectivity index (χ1) is 11.9. The van der Waals surface area contributed by atoms with E-state index in [1.807, 2.05) is 24.7 Å². The molecule has 128 valence electrons. The molecule has 4 heteroatoms. The Morgan fingerprint density at radius 1 is 1.04 bits per heavy atom. The Hall–Kier alpha value is -1.52. The number of rotatable bonds is 3. The van der Waals surface area contributed by atoms with Crippen molar-refractivity contribution in [3.63, 3.8) is 0 Å². The van der Waals surface area contributed by atoms with Crippen LogP contribution in [0.1, 0.15) is 37.7 Å². The number of fused-ring (bicyclic) bond motifs is 1. The van der Waals surface area contributed by atoms with Crippen molar-refractivity contribution in [3.8, 4) is 0 Å². The first kappa shape index (κ1) is 16.0. The minimum atomic E-state index is 0.753. The quantitative estimate of drug-likeness (QED) is 0.866. The average Bonchev–Trinajstić information content (AvgIpc) is 2.88. The second-order valence-electron chi connectivity index (χ2n) is 7.24. The summed E-state index contributed by atoms with van der Waals surface area (Å²) in [6, 6.07) is 4.95. The van der Waals surface area contributed by atoms with E-state index in [0.717, 1.165) is 37.1 Å². The Morgan fingerprint density at radius 3 is 2.88 bits per heavy atom. The monoisotopic (exact) mass is 325 g/mol. The van der Waals surface area contributed by atoms with Gasteiger partial charge in [0.1, 0.15) is 0 Å². The van der Waals surface area contributed by atoms with Gasteiger partial charge >= 0.3 is 0 Å². The van der Waals surface area contributed by atoms with Gasteiger partial charge in [0.15, 0.2) is 0 Å². The Balaban J connectivity index is 1.42. The molecule has 0 saturated carbocycles. The van der Waals surface area contributed by atoms with Gasteiger partial charge in [-0.05, 0) is 75.2 Å². The summed E-state index contributed by atoms with van der Waals surface area (Å²) < 4.78 is 5.52. The van der Waals surface area contributed by atoms with Crippen molar-refractivity contribution in [2.24, 2.45) is 5.92 Å². The fraction of sp³-hybridized carbons (Fsp3) is 0.600. The van der Waals surface area contributed by atoms with Crippen LogP contribution >= 0.6 is 0 Å². The maximum absolute atomic E-state index is 5.52. The normalized spacial score (nSPS) is 24.1. The van der Waals surface area contributed by atoms with Crippen molar-refractivity contribution < 1.29 is 4.74 Å². The van der Waals surface area contributed by atoms with E-state index in [4.69, 9.17) is 4.74 Å². The fourth-order valence-electron chi connectivity index (χ4n) is 4.34. The van der Waals surface area contributed by atoms with E-state index in [2.05, 4.69) is 20.9 Å². The third-order valence-electron chi connectivity index (χ3n) is 5.73. The Bertz CT molecular complexity index is 663. The van der Waals surface area contributed by atoms with E-state index >= 15 is 0 Å². The van der Waals surface area contributed by atoms with Gasteiger partial charge < -0.3 is 9.64 Å². The molecule has 2 aromatic rings. The molecule has 0 spiro atoms. The number of ether oxygens (including phenoxy) is 1. The minimum absolute atomic E-state index is 0.753. The van der Waals surface area contributed by atoms with Gasteiger partial charge in [-0.15, -0.1) is 0 Å². The summed E-state index contributed by atoms with van der Waals surface area (Å²) in [5, 5.41) is 1.23. The van der Waals surface area contributed by atoms with Crippen LogP contribution < -0.4 is 0 Å². The van der Waals surface area contributed by atoms with Crippen LogP contribution in [0.2, 0.25) is 0 Å². The standard InChI is InChI=1S/C20H27N3O/c1-2-16(5-11-23(10-1)18-6-12-24-13-7-18)14-17-3-9-22-20-4-8-21-15-19(17)20/h3-4,8-9,15-16,18H,1-2,5-7,10-14H2/t16-/m1/s1. The van der Waals surface area contributed by atoms with Gasteiger partial charge in [-0.25, -0.2) is 0 Å². The van der Waals surface area contributed by atoms with Crippen molar-refractivity contribution in [1.82, 2.24) is 14.9 Å². The Kier molecular flexibility index (Phi) is 5.04. The molecule has 0 unspecified atom stereocenters. The molecule has 0 aromatic carbocycles. The smallest absolute Gasteiger partial charge is 0.0735 e. The highest BCUT2D eigenvalue weighted by Gasteiger charge is 2.25. The maximum Gasteiger partial charge on any atom is 0.0735 e. The van der Waals surface area contributed by atoms with Crippen molar-refractivity contribution in [2.75, 3.05) is 26.3 Å². The first-order valence-corrected chi connectivity index (χ1v) is 9.39. The predicted molar refractivity (Wildman–Crippen MR) is 96.0 cm³/mol. The minimum Gasteiger partial charge on any atom is -0.381 e. The molecule has 0 radical (unpaired) electrons. The first-order valence-electron chi connectivity index (χ1n) is 9.39. The summed E-state index contributed by atoms with van der Waals surface area (Å²) in [6.45, 7) is 4.40. The zero-order valence-corrected chi connectivity index (χ0v) is 14.4. The summed E-state index contributed by atoms with van der Waals surface area (Å²) in [6.07, 6.45) is 13.3.